The maximum Gasteiger partial charge on any atom is 0.0254 e. The molecule has 0 spiro atoms. The van der Waals surface area contributed by atoms with Gasteiger partial charge in [0.1, 0.15) is 0 Å². The van der Waals surface area contributed by atoms with Crippen LogP contribution >= 0.6 is 11.8 Å². The molecule has 0 N–H and O–H groups in total. The molecule has 0 aliphatic carbocycles. The largest absolute Gasteiger partial charge is 0.269 e. The minimum atomic E-state index is 0. The van der Waals surface area contributed by atoms with Crippen LogP contribution in [0, 0.1) is 11.2 Å². The second-order valence-electron chi connectivity index (χ2n) is 5.86. The van der Waals surface area contributed by atoms with Crippen molar-refractivity contribution in [2.75, 3.05) is 0 Å². The minimum Gasteiger partial charge on any atom is -0.269 e. The third kappa shape index (κ3) is 14.1. The third-order valence-corrected chi connectivity index (χ3v) is 4.59. The van der Waals surface area contributed by atoms with Gasteiger partial charge in [-0.05, 0) is 59.7 Å². The fourth-order valence-corrected chi connectivity index (χ4v) is 3.08. The van der Waals surface area contributed by atoms with Crippen LogP contribution in [0.25, 0.3) is 0 Å². The molecule has 0 radical (unpaired) electrons. The van der Waals surface area contributed by atoms with Crippen molar-refractivity contribution in [2.45, 2.75) is 56.8 Å². The fourth-order valence-electron chi connectivity index (χ4n) is 2.50. The van der Waals surface area contributed by atoms with Gasteiger partial charge in [0.25, 0.3) is 0 Å². The molecule has 2 rings (SSSR count). The first-order valence-corrected chi connectivity index (χ1v) is 9.52. The maximum absolute atomic E-state index is 3.22. The third-order valence-electron chi connectivity index (χ3n) is 3.88. The van der Waals surface area contributed by atoms with E-state index in [9.17, 15) is 0 Å². The summed E-state index contributed by atoms with van der Waals surface area (Å²) in [6, 6.07) is 19.0. The molecular formula is C22H31F5S. The predicted octanol–water partition coefficient (Wildman–Crippen LogP) is 7.45. The number of rotatable bonds is 8. The van der Waals surface area contributed by atoms with Crippen LogP contribution in [-0.4, -0.2) is 0 Å². The number of thioether (sulfide) groups is 1. The lowest BCUT2D eigenvalue weighted by Crippen LogP contribution is -1.86. The number of benzene rings is 2. The van der Waals surface area contributed by atoms with Crippen molar-refractivity contribution >= 4 is 11.8 Å². The number of halogens is 5. The smallest absolute Gasteiger partial charge is 0.0254 e. The molecule has 0 aliphatic rings. The molecule has 0 unspecified atom stereocenters. The molecule has 6 heteroatoms. The highest BCUT2D eigenvalue weighted by Gasteiger charge is 1.95. The summed E-state index contributed by atoms with van der Waals surface area (Å²) in [5.74, 6) is 3.22. The Bertz CT molecular complexity index is 621. The van der Waals surface area contributed by atoms with Gasteiger partial charge in [0.2, 0.25) is 0 Å². The molecule has 2 aromatic rings. The van der Waals surface area contributed by atoms with Crippen molar-refractivity contribution in [1.29, 1.82) is 0 Å². The van der Waals surface area contributed by atoms with Crippen LogP contribution in [0.2, 0.25) is 0 Å². The van der Waals surface area contributed by atoms with Crippen LogP contribution in [0.1, 0.15) is 56.6 Å². The number of hydrogen-bond donors (Lipinski definition) is 0. The Morgan fingerprint density at radius 3 is 1.86 bits per heavy atom. The fraction of sp³-hybridized carbons (Fsp3) is 0.364. The minimum absolute atomic E-state index is 0. The number of unbranched alkanes of at least 4 members (excludes halogenated alkanes) is 5. The molecule has 0 amide bonds. The van der Waals surface area contributed by atoms with E-state index in [1.54, 1.807) is 11.8 Å². The summed E-state index contributed by atoms with van der Waals surface area (Å²) in [6.45, 7) is 2.27. The zero-order valence-corrected chi connectivity index (χ0v) is 16.9. The molecule has 0 saturated heterocycles. The van der Waals surface area contributed by atoms with Crippen molar-refractivity contribution in [3.05, 3.63) is 65.7 Å². The molecule has 0 aliphatic heterocycles. The van der Waals surface area contributed by atoms with Crippen LogP contribution < -0.4 is 0 Å². The Morgan fingerprint density at radius 1 is 0.679 bits per heavy atom. The standard InChI is InChI=1S/C22H26S.5FH/c1-2-3-4-5-6-8-11-20-14-16-21(17-15-20)18-19-23-22-12-9-7-10-13-22;;;;;/h7,9-10,12-17H,2-6,8,11H2,1H3;5*1H. The summed E-state index contributed by atoms with van der Waals surface area (Å²) in [5, 5.41) is 3.18. The van der Waals surface area contributed by atoms with Gasteiger partial charge >= 0.3 is 0 Å². The lowest BCUT2D eigenvalue weighted by molar-refractivity contribution is 0.607. The van der Waals surface area contributed by atoms with Crippen LogP contribution in [0.5, 0.6) is 0 Å². The monoisotopic (exact) mass is 422 g/mol. The molecule has 160 valence electrons. The molecule has 0 bridgehead atoms. The highest BCUT2D eigenvalue weighted by Crippen LogP contribution is 2.16. The van der Waals surface area contributed by atoms with Gasteiger partial charge in [0.15, 0.2) is 0 Å². The normalized spacial score (nSPS) is 8.32. The molecule has 0 saturated carbocycles. The second-order valence-corrected chi connectivity index (χ2v) is 6.74. The zero-order chi connectivity index (χ0) is 16.2. The average Bonchev–Trinajstić information content (AvgIpc) is 2.60. The van der Waals surface area contributed by atoms with Gasteiger partial charge in [-0.3, -0.25) is 23.5 Å². The van der Waals surface area contributed by atoms with Gasteiger partial charge in [-0.1, -0.05) is 75.3 Å². The van der Waals surface area contributed by atoms with E-state index in [-0.39, 0.29) is 23.5 Å². The Hall–Kier alpha value is -2.00. The van der Waals surface area contributed by atoms with Gasteiger partial charge < -0.3 is 0 Å². The highest BCUT2D eigenvalue weighted by atomic mass is 32.2. The van der Waals surface area contributed by atoms with Crippen LogP contribution in [0.15, 0.2) is 59.5 Å². The summed E-state index contributed by atoms with van der Waals surface area (Å²) in [5.41, 5.74) is 2.53. The van der Waals surface area contributed by atoms with Crippen LogP contribution in [0.3, 0.4) is 0 Å². The highest BCUT2D eigenvalue weighted by molar-refractivity contribution is 8.03. The predicted molar refractivity (Wildman–Crippen MR) is 115 cm³/mol. The van der Waals surface area contributed by atoms with Crippen LogP contribution in [-0.2, 0) is 6.42 Å². The summed E-state index contributed by atoms with van der Waals surface area (Å²) < 4.78 is 0. The first-order chi connectivity index (χ1) is 11.4. The molecule has 0 atom stereocenters. The first kappa shape index (κ1) is 33.6. The van der Waals surface area contributed by atoms with Gasteiger partial charge in [0.05, 0.1) is 0 Å². The van der Waals surface area contributed by atoms with Gasteiger partial charge in [-0.2, -0.15) is 0 Å². The van der Waals surface area contributed by atoms with E-state index in [4.69, 9.17) is 0 Å². The Kier molecular flexibility index (Phi) is 25.5. The second kappa shape index (κ2) is 21.3. The van der Waals surface area contributed by atoms with E-state index in [1.165, 1.54) is 55.4 Å². The van der Waals surface area contributed by atoms with Crippen molar-refractivity contribution < 1.29 is 23.5 Å². The maximum atomic E-state index is 3.22. The van der Waals surface area contributed by atoms with Crippen molar-refractivity contribution in [3.8, 4) is 11.2 Å². The summed E-state index contributed by atoms with van der Waals surface area (Å²) >= 11 is 1.58. The topological polar surface area (TPSA) is 0 Å². The molecule has 0 heterocycles. The molecular weight excluding hydrogens is 391 g/mol. The van der Waals surface area contributed by atoms with E-state index < -0.39 is 0 Å². The molecule has 28 heavy (non-hydrogen) atoms. The first-order valence-electron chi connectivity index (χ1n) is 8.70. The van der Waals surface area contributed by atoms with Gasteiger partial charge in [-0.15, -0.1) is 0 Å². The average molecular weight is 423 g/mol. The Morgan fingerprint density at radius 2 is 1.25 bits per heavy atom. The van der Waals surface area contributed by atoms with E-state index in [2.05, 4.69) is 54.5 Å². The van der Waals surface area contributed by atoms with E-state index in [0.29, 0.717) is 0 Å². The zero-order valence-electron chi connectivity index (χ0n) is 16.1. The van der Waals surface area contributed by atoms with Crippen molar-refractivity contribution in [1.82, 2.24) is 0 Å². The summed E-state index contributed by atoms with van der Waals surface area (Å²) in [7, 11) is 0. The number of aryl methyl sites for hydroxylation is 1. The molecule has 0 nitrogen and oxygen atoms in total. The SMILES string of the molecule is CCCCCCCCc1ccc(C#CSc2ccccc2)cc1.F.F.F.F.F. The van der Waals surface area contributed by atoms with Gasteiger partial charge in [0, 0.05) is 10.5 Å². The summed E-state index contributed by atoms with van der Waals surface area (Å²) in [6.07, 6.45) is 9.34. The molecule has 2 aromatic carbocycles. The molecule has 0 aromatic heterocycles. The van der Waals surface area contributed by atoms with E-state index in [1.807, 2.05) is 18.2 Å². The summed E-state index contributed by atoms with van der Waals surface area (Å²) in [4.78, 5) is 1.19. The lowest BCUT2D eigenvalue weighted by Gasteiger charge is -2.02. The van der Waals surface area contributed by atoms with Crippen molar-refractivity contribution in [2.24, 2.45) is 0 Å². The quantitative estimate of drug-likeness (QED) is 0.184. The van der Waals surface area contributed by atoms with Gasteiger partial charge in [-0.25, -0.2) is 0 Å². The Labute approximate surface area is 169 Å². The molecule has 0 fully saturated rings. The van der Waals surface area contributed by atoms with Crippen molar-refractivity contribution in [3.63, 3.8) is 0 Å². The van der Waals surface area contributed by atoms with E-state index >= 15 is 0 Å². The Balaban J connectivity index is -0.000000576. The van der Waals surface area contributed by atoms with Crippen LogP contribution in [0.4, 0.5) is 23.5 Å². The van der Waals surface area contributed by atoms with E-state index in [0.717, 1.165) is 5.56 Å². The lowest BCUT2D eigenvalue weighted by atomic mass is 10.0. The number of hydrogen-bond acceptors (Lipinski definition) is 1.